The topological polar surface area (TPSA) is 66.4 Å². The summed E-state index contributed by atoms with van der Waals surface area (Å²) in [6.07, 6.45) is 5.50. The number of thioether (sulfide) groups is 1. The Balaban J connectivity index is 1.65. The number of carboxylic acid groups (broad SMARTS) is 1. The summed E-state index contributed by atoms with van der Waals surface area (Å²) in [5, 5.41) is 12.4. The van der Waals surface area contributed by atoms with Gasteiger partial charge in [-0.15, -0.1) is 11.8 Å². The summed E-state index contributed by atoms with van der Waals surface area (Å²) in [5.41, 5.74) is 0.815. The lowest BCUT2D eigenvalue weighted by atomic mass is 10.2. The van der Waals surface area contributed by atoms with Crippen molar-refractivity contribution >= 4 is 29.3 Å². The van der Waals surface area contributed by atoms with Gasteiger partial charge in [0.15, 0.2) is 0 Å². The third-order valence-electron chi connectivity index (χ3n) is 4.19. The van der Waals surface area contributed by atoms with Gasteiger partial charge in [0, 0.05) is 10.1 Å². The number of rotatable bonds is 5. The standard InChI is InChI=1S/C16H19NO3S/c18-15(11-9-12(11)16(19)20)17-13-7-3-4-8-14(13)21-10-5-1-2-6-10/h3-4,7-8,10-12H,1-2,5-6,9H2,(H,17,18)(H,19,20). The number of carbonyl (C=O) groups excluding carboxylic acids is 1. The molecule has 0 spiro atoms. The average Bonchev–Trinajstić information content (AvgIpc) is 3.12. The van der Waals surface area contributed by atoms with E-state index in [-0.39, 0.29) is 11.8 Å². The number of carboxylic acids is 1. The van der Waals surface area contributed by atoms with Gasteiger partial charge < -0.3 is 10.4 Å². The Bertz CT molecular complexity index is 554. The minimum atomic E-state index is -0.872. The first-order valence-corrected chi connectivity index (χ1v) is 8.32. The third kappa shape index (κ3) is 3.40. The van der Waals surface area contributed by atoms with Crippen molar-refractivity contribution in [1.82, 2.24) is 0 Å². The zero-order valence-corrected chi connectivity index (χ0v) is 12.6. The summed E-state index contributed by atoms with van der Waals surface area (Å²) in [4.78, 5) is 24.0. The average molecular weight is 305 g/mol. The molecule has 21 heavy (non-hydrogen) atoms. The Morgan fingerprint density at radius 3 is 2.52 bits per heavy atom. The summed E-state index contributed by atoms with van der Waals surface area (Å²) in [7, 11) is 0. The van der Waals surface area contributed by atoms with Crippen molar-refractivity contribution in [3.8, 4) is 0 Å². The minimum absolute atomic E-state index is 0.165. The van der Waals surface area contributed by atoms with Crippen LogP contribution in [0.3, 0.4) is 0 Å². The number of aliphatic carboxylic acids is 1. The monoisotopic (exact) mass is 305 g/mol. The predicted octanol–water partition coefficient (Wildman–Crippen LogP) is 3.38. The van der Waals surface area contributed by atoms with Crippen molar-refractivity contribution in [3.05, 3.63) is 24.3 Å². The van der Waals surface area contributed by atoms with E-state index in [2.05, 4.69) is 5.32 Å². The first-order valence-electron chi connectivity index (χ1n) is 7.44. The molecule has 1 aromatic carbocycles. The van der Waals surface area contributed by atoms with E-state index < -0.39 is 11.9 Å². The van der Waals surface area contributed by atoms with Crippen molar-refractivity contribution in [2.75, 3.05) is 5.32 Å². The summed E-state index contributed by atoms with van der Waals surface area (Å²) in [6.45, 7) is 0. The molecule has 0 heterocycles. The molecule has 0 aromatic heterocycles. The van der Waals surface area contributed by atoms with Crippen LogP contribution in [0.25, 0.3) is 0 Å². The molecule has 0 bridgehead atoms. The van der Waals surface area contributed by atoms with Gasteiger partial charge in [-0.1, -0.05) is 25.0 Å². The van der Waals surface area contributed by atoms with Crippen LogP contribution >= 0.6 is 11.8 Å². The van der Waals surface area contributed by atoms with Crippen LogP contribution in [-0.4, -0.2) is 22.2 Å². The Hall–Kier alpha value is -1.49. The Morgan fingerprint density at radius 2 is 1.86 bits per heavy atom. The molecule has 2 atom stereocenters. The van der Waals surface area contributed by atoms with E-state index in [1.807, 2.05) is 36.0 Å². The van der Waals surface area contributed by atoms with Crippen molar-refractivity contribution in [3.63, 3.8) is 0 Å². The molecule has 1 amide bonds. The molecule has 112 valence electrons. The first-order chi connectivity index (χ1) is 10.1. The van der Waals surface area contributed by atoms with E-state index in [9.17, 15) is 9.59 Å². The van der Waals surface area contributed by atoms with Gasteiger partial charge in [-0.2, -0.15) is 0 Å². The van der Waals surface area contributed by atoms with Gasteiger partial charge in [-0.25, -0.2) is 0 Å². The second kappa shape index (κ2) is 6.10. The maximum Gasteiger partial charge on any atom is 0.307 e. The molecule has 0 saturated heterocycles. The molecule has 2 N–H and O–H groups in total. The lowest BCUT2D eigenvalue weighted by Gasteiger charge is -2.14. The number of carbonyl (C=O) groups is 2. The molecule has 5 heteroatoms. The van der Waals surface area contributed by atoms with Crippen LogP contribution in [0.1, 0.15) is 32.1 Å². The fraction of sp³-hybridized carbons (Fsp3) is 0.500. The normalized spacial score (nSPS) is 24.8. The van der Waals surface area contributed by atoms with Crippen LogP contribution in [0.5, 0.6) is 0 Å². The number of anilines is 1. The molecule has 0 aliphatic heterocycles. The van der Waals surface area contributed by atoms with E-state index in [0.717, 1.165) is 10.6 Å². The van der Waals surface area contributed by atoms with Gasteiger partial charge in [0.2, 0.25) is 5.91 Å². The molecule has 2 aliphatic carbocycles. The maximum absolute atomic E-state index is 12.1. The highest BCUT2D eigenvalue weighted by Crippen LogP contribution is 2.41. The van der Waals surface area contributed by atoms with Crippen LogP contribution in [0.2, 0.25) is 0 Å². The van der Waals surface area contributed by atoms with Crippen molar-refractivity contribution < 1.29 is 14.7 Å². The minimum Gasteiger partial charge on any atom is -0.481 e. The number of nitrogens with one attached hydrogen (secondary N) is 1. The summed E-state index contributed by atoms with van der Waals surface area (Å²) < 4.78 is 0. The molecule has 4 nitrogen and oxygen atoms in total. The fourth-order valence-corrected chi connectivity index (χ4v) is 4.17. The molecule has 0 radical (unpaired) electrons. The molecular weight excluding hydrogens is 286 g/mol. The Labute approximate surface area is 128 Å². The number of para-hydroxylation sites is 1. The number of hydrogen-bond acceptors (Lipinski definition) is 3. The number of benzene rings is 1. The number of amides is 1. The summed E-state index contributed by atoms with van der Waals surface area (Å²) in [6, 6.07) is 7.80. The van der Waals surface area contributed by atoms with Crippen LogP contribution in [-0.2, 0) is 9.59 Å². The van der Waals surface area contributed by atoms with Crippen molar-refractivity contribution in [2.45, 2.75) is 42.2 Å². The maximum atomic E-state index is 12.1. The first kappa shape index (κ1) is 14.4. The van der Waals surface area contributed by atoms with Crippen molar-refractivity contribution in [2.24, 2.45) is 11.8 Å². The SMILES string of the molecule is O=C(O)C1CC1C(=O)Nc1ccccc1SC1CCCC1. The van der Waals surface area contributed by atoms with E-state index >= 15 is 0 Å². The van der Waals surface area contributed by atoms with E-state index in [1.54, 1.807) is 0 Å². The Kier molecular flexibility index (Phi) is 4.19. The molecule has 2 fully saturated rings. The molecule has 3 rings (SSSR count). The smallest absolute Gasteiger partial charge is 0.307 e. The van der Waals surface area contributed by atoms with E-state index in [1.165, 1.54) is 25.7 Å². The van der Waals surface area contributed by atoms with Gasteiger partial charge in [0.1, 0.15) is 0 Å². The quantitative estimate of drug-likeness (QED) is 0.875. The fourth-order valence-electron chi connectivity index (χ4n) is 2.84. The summed E-state index contributed by atoms with van der Waals surface area (Å²) in [5.74, 6) is -1.91. The molecule has 2 saturated carbocycles. The van der Waals surface area contributed by atoms with Crippen molar-refractivity contribution in [1.29, 1.82) is 0 Å². The van der Waals surface area contributed by atoms with Gasteiger partial charge >= 0.3 is 5.97 Å². The van der Waals surface area contributed by atoms with Gasteiger partial charge in [0.05, 0.1) is 17.5 Å². The van der Waals surface area contributed by atoms with E-state index in [4.69, 9.17) is 5.11 Å². The van der Waals surface area contributed by atoms with Gasteiger partial charge in [-0.3, -0.25) is 9.59 Å². The van der Waals surface area contributed by atoms with Gasteiger partial charge in [-0.05, 0) is 31.4 Å². The van der Waals surface area contributed by atoms with Crippen LogP contribution in [0.4, 0.5) is 5.69 Å². The highest BCUT2D eigenvalue weighted by atomic mass is 32.2. The lowest BCUT2D eigenvalue weighted by molar-refractivity contribution is -0.139. The van der Waals surface area contributed by atoms with Gasteiger partial charge in [0.25, 0.3) is 0 Å². The molecule has 1 aromatic rings. The highest BCUT2D eigenvalue weighted by molar-refractivity contribution is 8.00. The van der Waals surface area contributed by atoms with Crippen LogP contribution in [0, 0.1) is 11.8 Å². The number of hydrogen-bond donors (Lipinski definition) is 2. The molecular formula is C16H19NO3S. The van der Waals surface area contributed by atoms with Crippen LogP contribution < -0.4 is 5.32 Å². The van der Waals surface area contributed by atoms with Crippen LogP contribution in [0.15, 0.2) is 29.2 Å². The second-order valence-corrected chi connectivity index (χ2v) is 7.14. The predicted molar refractivity (Wildman–Crippen MR) is 82.4 cm³/mol. The third-order valence-corrected chi connectivity index (χ3v) is 5.60. The largest absolute Gasteiger partial charge is 0.481 e. The second-order valence-electron chi connectivity index (χ2n) is 5.80. The zero-order valence-electron chi connectivity index (χ0n) is 11.7. The van der Waals surface area contributed by atoms with E-state index in [0.29, 0.717) is 11.7 Å². The summed E-state index contributed by atoms with van der Waals surface area (Å²) >= 11 is 1.83. The Morgan fingerprint density at radius 1 is 1.14 bits per heavy atom. The lowest BCUT2D eigenvalue weighted by Crippen LogP contribution is -2.17. The highest BCUT2D eigenvalue weighted by Gasteiger charge is 2.48. The molecule has 2 unspecified atom stereocenters. The zero-order chi connectivity index (χ0) is 14.8. The molecule has 2 aliphatic rings.